The Labute approximate surface area is 265 Å². The number of alkyl halides is 5. The summed E-state index contributed by atoms with van der Waals surface area (Å²) in [7, 11) is 1.72. The highest BCUT2D eigenvalue weighted by atomic mass is 19.4. The van der Waals surface area contributed by atoms with Crippen LogP contribution in [0.5, 0.6) is 0 Å². The fourth-order valence-corrected chi connectivity index (χ4v) is 8.82. The summed E-state index contributed by atoms with van der Waals surface area (Å²) in [6.45, 7) is 2.16. The molecular formula is C36H39F5N2O3. The number of ketones is 1. The van der Waals surface area contributed by atoms with E-state index in [1.807, 2.05) is 30.3 Å². The van der Waals surface area contributed by atoms with Gasteiger partial charge in [0.1, 0.15) is 0 Å². The number of hydrogen-bond acceptors (Lipinski definition) is 4. The molecule has 0 saturated heterocycles. The Balaban J connectivity index is 1.33. The highest BCUT2D eigenvalue weighted by Gasteiger charge is 2.69. The minimum atomic E-state index is -5.76. The van der Waals surface area contributed by atoms with Gasteiger partial charge in [-0.3, -0.25) is 14.6 Å². The second-order valence-electron chi connectivity index (χ2n) is 13.9. The van der Waals surface area contributed by atoms with E-state index in [1.165, 1.54) is 0 Å². The topological polar surface area (TPSA) is 70.5 Å². The summed E-state index contributed by atoms with van der Waals surface area (Å²) in [5.41, 5.74) is 1.93. The van der Waals surface area contributed by atoms with Crippen molar-refractivity contribution in [1.29, 1.82) is 0 Å². The summed E-state index contributed by atoms with van der Waals surface area (Å²) in [5.74, 6) is -5.89. The number of likely N-dealkylation sites (N-methyl/N-ethyl adjacent to an activating group) is 1. The number of nitrogens with zero attached hydrogens (tertiary/aromatic N) is 2. The Hall–Kier alpha value is -3.40. The first-order chi connectivity index (χ1) is 21.6. The molecule has 1 aromatic carbocycles. The van der Waals surface area contributed by atoms with E-state index in [2.05, 4.69) is 4.98 Å². The van der Waals surface area contributed by atoms with Crippen molar-refractivity contribution in [2.24, 2.45) is 17.3 Å². The van der Waals surface area contributed by atoms with Crippen LogP contribution in [0.4, 0.5) is 22.0 Å². The second-order valence-corrected chi connectivity index (χ2v) is 13.9. The van der Waals surface area contributed by atoms with Crippen LogP contribution in [0.1, 0.15) is 85.8 Å². The summed E-state index contributed by atoms with van der Waals surface area (Å²) < 4.78 is 69.2. The molecule has 4 aliphatic rings. The van der Waals surface area contributed by atoms with Crippen LogP contribution >= 0.6 is 0 Å². The van der Waals surface area contributed by atoms with Crippen molar-refractivity contribution in [3.05, 3.63) is 88.3 Å². The zero-order chi connectivity index (χ0) is 33.1. The van der Waals surface area contributed by atoms with Gasteiger partial charge in [0.25, 0.3) is 5.91 Å². The summed E-state index contributed by atoms with van der Waals surface area (Å²) in [5, 5.41) is 11.8. The van der Waals surface area contributed by atoms with Gasteiger partial charge in [0.15, 0.2) is 5.78 Å². The number of aliphatic hydroxyl groups is 1. The molecule has 1 amide bonds. The van der Waals surface area contributed by atoms with Crippen molar-refractivity contribution in [2.45, 2.75) is 88.3 Å². The number of allylic oxidation sites excluding steroid dienone is 4. The summed E-state index contributed by atoms with van der Waals surface area (Å²) >= 11 is 0. The van der Waals surface area contributed by atoms with Gasteiger partial charge < -0.3 is 10.0 Å². The number of pyridine rings is 1. The Morgan fingerprint density at radius 3 is 2.46 bits per heavy atom. The molecule has 0 bridgehead atoms. The van der Waals surface area contributed by atoms with Gasteiger partial charge in [0.2, 0.25) is 0 Å². The molecule has 1 N–H and O–H groups in total. The fourth-order valence-electron chi connectivity index (χ4n) is 8.82. The van der Waals surface area contributed by atoms with Crippen LogP contribution in [0.25, 0.3) is 0 Å². The summed E-state index contributed by atoms with van der Waals surface area (Å²) in [6, 6.07) is 12.7. The van der Waals surface area contributed by atoms with Crippen LogP contribution in [-0.4, -0.2) is 58.0 Å². The minimum Gasteiger partial charge on any atom is -0.389 e. The van der Waals surface area contributed by atoms with E-state index < -0.39 is 29.5 Å². The van der Waals surface area contributed by atoms with Crippen molar-refractivity contribution in [1.82, 2.24) is 9.88 Å². The van der Waals surface area contributed by atoms with Crippen molar-refractivity contribution >= 4 is 11.7 Å². The van der Waals surface area contributed by atoms with Gasteiger partial charge in [-0.05, 0) is 97.4 Å². The zero-order valence-corrected chi connectivity index (χ0v) is 26.0. The summed E-state index contributed by atoms with van der Waals surface area (Å²) in [6.07, 6.45) is -0.831. The van der Waals surface area contributed by atoms with E-state index in [-0.39, 0.29) is 42.3 Å². The van der Waals surface area contributed by atoms with Crippen LogP contribution in [0.3, 0.4) is 0 Å². The number of halogens is 5. The maximum absolute atomic E-state index is 14.5. The first kappa shape index (κ1) is 32.5. The molecule has 2 saturated carbocycles. The molecule has 0 aliphatic heterocycles. The number of fused-ring (bicyclic) bond motifs is 4. The number of aromatic nitrogens is 1. The molecule has 4 aliphatic carbocycles. The molecule has 2 fully saturated rings. The Morgan fingerprint density at radius 2 is 1.78 bits per heavy atom. The van der Waals surface area contributed by atoms with E-state index >= 15 is 0 Å². The van der Waals surface area contributed by atoms with Gasteiger partial charge in [-0.25, -0.2) is 0 Å². The first-order valence-corrected chi connectivity index (χ1v) is 16.0. The monoisotopic (exact) mass is 642 g/mol. The van der Waals surface area contributed by atoms with Crippen molar-refractivity contribution in [2.75, 3.05) is 13.6 Å². The van der Waals surface area contributed by atoms with E-state index in [9.17, 15) is 36.6 Å². The highest BCUT2D eigenvalue weighted by Crippen LogP contribution is 2.68. The van der Waals surface area contributed by atoms with Crippen LogP contribution in [0, 0.1) is 17.3 Å². The fraction of sp³-hybridized carbons (Fsp3) is 0.528. The molecule has 3 unspecified atom stereocenters. The largest absolute Gasteiger partial charge is 0.453 e. The normalized spacial score (nSPS) is 29.5. The average Bonchev–Trinajstić information content (AvgIpc) is 3.27. The standard InChI is InChI=1S/C36H39F5N2O3/c1-33-20-29(22-6-8-23(9-7-22)32(45)43(2)18-15-25-5-3-4-17-42-25)31-27-13-11-26(44)19-24(27)10-12-28(31)30(33)14-16-34(33,46)21-35(37,38)36(39,40)41/h3-9,17,19,28-30,46H,10-16,18,20-21H2,1-2H3/t28?,29-,30+,33?,34?/m1/s1. The minimum absolute atomic E-state index is 0.0645. The molecule has 10 heteroatoms. The van der Waals surface area contributed by atoms with E-state index in [1.54, 1.807) is 43.3 Å². The number of carbonyl (C=O) groups is 2. The molecule has 1 aromatic heterocycles. The van der Waals surface area contributed by atoms with Crippen molar-refractivity contribution in [3.63, 3.8) is 0 Å². The SMILES string of the molecule is CN(CCc1ccccn1)C(=O)c1ccc([C@H]2CC3(C)[C@@H](CCC3(O)CC(F)(F)C(F)(F)F)C3CCC4=CC(=O)CCC4=C32)cc1. The van der Waals surface area contributed by atoms with Crippen molar-refractivity contribution < 1.29 is 36.6 Å². The molecule has 5 nitrogen and oxygen atoms in total. The van der Waals surface area contributed by atoms with Gasteiger partial charge in [0.05, 0.1) is 12.0 Å². The molecule has 5 atom stereocenters. The lowest BCUT2D eigenvalue weighted by atomic mass is 9.50. The first-order valence-electron chi connectivity index (χ1n) is 16.0. The Kier molecular flexibility index (Phi) is 8.27. The lowest BCUT2D eigenvalue weighted by molar-refractivity contribution is -0.303. The number of amides is 1. The highest BCUT2D eigenvalue weighted by molar-refractivity contribution is 5.94. The third-order valence-electron chi connectivity index (χ3n) is 11.3. The van der Waals surface area contributed by atoms with Crippen LogP contribution in [0.15, 0.2) is 71.5 Å². The number of carbonyl (C=O) groups excluding carboxylic acids is 2. The van der Waals surface area contributed by atoms with Crippen LogP contribution < -0.4 is 0 Å². The smallest absolute Gasteiger partial charge is 0.389 e. The molecule has 246 valence electrons. The van der Waals surface area contributed by atoms with Gasteiger partial charge >= 0.3 is 12.1 Å². The lowest BCUT2D eigenvalue weighted by Gasteiger charge is -2.55. The van der Waals surface area contributed by atoms with Crippen LogP contribution in [0.2, 0.25) is 0 Å². The Morgan fingerprint density at radius 1 is 1.04 bits per heavy atom. The maximum atomic E-state index is 14.5. The number of benzene rings is 1. The third-order valence-corrected chi connectivity index (χ3v) is 11.3. The quantitative estimate of drug-likeness (QED) is 0.316. The molecule has 6 rings (SSSR count). The zero-order valence-electron chi connectivity index (χ0n) is 26.0. The van der Waals surface area contributed by atoms with Gasteiger partial charge in [-0.2, -0.15) is 22.0 Å². The van der Waals surface area contributed by atoms with Crippen LogP contribution in [-0.2, 0) is 11.2 Å². The molecule has 1 heterocycles. The molecule has 0 radical (unpaired) electrons. The predicted octanol–water partition coefficient (Wildman–Crippen LogP) is 7.61. The molecule has 2 aromatic rings. The van der Waals surface area contributed by atoms with Gasteiger partial charge in [0, 0.05) is 55.2 Å². The number of rotatable bonds is 7. The van der Waals surface area contributed by atoms with E-state index in [0.29, 0.717) is 50.6 Å². The average molecular weight is 643 g/mol. The van der Waals surface area contributed by atoms with Gasteiger partial charge in [-0.1, -0.05) is 30.7 Å². The Bertz CT molecular complexity index is 1570. The van der Waals surface area contributed by atoms with E-state index in [4.69, 9.17) is 0 Å². The maximum Gasteiger partial charge on any atom is 0.453 e. The molecule has 0 spiro atoms. The van der Waals surface area contributed by atoms with Crippen molar-refractivity contribution in [3.8, 4) is 0 Å². The lowest BCUT2D eigenvalue weighted by Crippen LogP contribution is -2.55. The van der Waals surface area contributed by atoms with E-state index in [0.717, 1.165) is 28.0 Å². The molecular weight excluding hydrogens is 603 g/mol. The third kappa shape index (κ3) is 5.60. The molecule has 46 heavy (non-hydrogen) atoms. The van der Waals surface area contributed by atoms with Gasteiger partial charge in [-0.15, -0.1) is 0 Å². The number of hydrogen-bond donors (Lipinski definition) is 1. The second kappa shape index (κ2) is 11.7. The predicted molar refractivity (Wildman–Crippen MR) is 162 cm³/mol. The summed E-state index contributed by atoms with van der Waals surface area (Å²) in [4.78, 5) is 31.5.